The van der Waals surface area contributed by atoms with Crippen molar-refractivity contribution in [3.8, 4) is 0 Å². The van der Waals surface area contributed by atoms with Crippen molar-refractivity contribution in [2.45, 2.75) is 33.1 Å². The van der Waals surface area contributed by atoms with E-state index < -0.39 is 5.97 Å². The van der Waals surface area contributed by atoms with Gasteiger partial charge in [-0.3, -0.25) is 0 Å². The van der Waals surface area contributed by atoms with Crippen molar-refractivity contribution in [1.82, 2.24) is 4.98 Å². The molecule has 102 valence electrons. The summed E-state index contributed by atoms with van der Waals surface area (Å²) in [5.74, 6) is 0.301. The zero-order chi connectivity index (χ0) is 13.5. The van der Waals surface area contributed by atoms with Crippen LogP contribution in [0.4, 0.5) is 5.13 Å². The molecular formula is C12H19ClN2O2S. The van der Waals surface area contributed by atoms with Gasteiger partial charge < -0.3 is 10.1 Å². The Bertz CT molecular complexity index is 393. The minimum absolute atomic E-state index is 0.205. The monoisotopic (exact) mass is 290 g/mol. The van der Waals surface area contributed by atoms with Gasteiger partial charge in [0.05, 0.1) is 7.11 Å². The number of methoxy groups -OCH3 is 1. The third kappa shape index (κ3) is 4.82. The van der Waals surface area contributed by atoms with Crippen LogP contribution in [0.3, 0.4) is 0 Å². The maximum atomic E-state index is 11.3. The second-order valence-corrected chi connectivity index (χ2v) is 5.80. The van der Waals surface area contributed by atoms with Crippen LogP contribution in [0.1, 0.15) is 42.8 Å². The highest BCUT2D eigenvalue weighted by atomic mass is 35.5. The molecule has 0 saturated carbocycles. The summed E-state index contributed by atoms with van der Waals surface area (Å²) in [5, 5.41) is 4.05. The molecule has 0 unspecified atom stereocenters. The summed E-state index contributed by atoms with van der Waals surface area (Å²) < 4.78 is 4.62. The predicted molar refractivity (Wildman–Crippen MR) is 75.6 cm³/mol. The number of anilines is 1. The molecule has 1 N–H and O–H groups in total. The summed E-state index contributed by atoms with van der Waals surface area (Å²) in [6.07, 6.45) is 3.50. The van der Waals surface area contributed by atoms with Gasteiger partial charge in [-0.1, -0.05) is 49.6 Å². The molecule has 0 aliphatic rings. The molecule has 1 aromatic heterocycles. The molecule has 4 nitrogen and oxygen atoms in total. The summed E-state index contributed by atoms with van der Waals surface area (Å²) in [7, 11) is 1.33. The number of carbonyl (C=O) groups is 1. The molecule has 0 bridgehead atoms. The van der Waals surface area contributed by atoms with E-state index in [1.54, 1.807) is 0 Å². The highest BCUT2D eigenvalue weighted by Crippen LogP contribution is 2.27. The van der Waals surface area contributed by atoms with Gasteiger partial charge in [-0.15, -0.1) is 0 Å². The number of halogens is 1. The van der Waals surface area contributed by atoms with Gasteiger partial charge in [-0.25, -0.2) is 9.78 Å². The number of unbranched alkanes of at least 4 members (excludes halogenated alkanes) is 1. The van der Waals surface area contributed by atoms with Gasteiger partial charge >= 0.3 is 5.97 Å². The van der Waals surface area contributed by atoms with Gasteiger partial charge in [0.25, 0.3) is 0 Å². The number of rotatable bonds is 7. The molecule has 0 atom stereocenters. The molecule has 0 radical (unpaired) electrons. The van der Waals surface area contributed by atoms with Gasteiger partial charge in [-0.2, -0.15) is 0 Å². The number of ether oxygens (including phenoxy) is 1. The first-order valence-electron chi connectivity index (χ1n) is 6.03. The van der Waals surface area contributed by atoms with Crippen LogP contribution >= 0.6 is 22.9 Å². The number of thiazole rings is 1. The number of aromatic nitrogens is 1. The average Bonchev–Trinajstić information content (AvgIpc) is 2.69. The van der Waals surface area contributed by atoms with Crippen molar-refractivity contribution in [2.75, 3.05) is 19.0 Å². The van der Waals surface area contributed by atoms with E-state index in [-0.39, 0.29) is 5.15 Å². The van der Waals surface area contributed by atoms with E-state index in [9.17, 15) is 4.79 Å². The maximum absolute atomic E-state index is 11.3. The number of hydrogen-bond acceptors (Lipinski definition) is 5. The quantitative estimate of drug-likeness (QED) is 0.613. The van der Waals surface area contributed by atoms with Crippen LogP contribution in [-0.2, 0) is 4.74 Å². The number of nitrogens with one attached hydrogen (secondary N) is 1. The van der Waals surface area contributed by atoms with E-state index in [4.69, 9.17) is 11.6 Å². The highest BCUT2D eigenvalue weighted by Gasteiger charge is 2.16. The Labute approximate surface area is 117 Å². The second-order valence-electron chi connectivity index (χ2n) is 4.45. The van der Waals surface area contributed by atoms with Gasteiger partial charge in [0.2, 0.25) is 0 Å². The molecule has 0 aliphatic carbocycles. The SMILES string of the molecule is COC(=O)c1sc(NCCCCC(C)C)nc1Cl. The van der Waals surface area contributed by atoms with E-state index in [1.807, 2.05) is 0 Å². The van der Waals surface area contributed by atoms with Crippen molar-refractivity contribution in [1.29, 1.82) is 0 Å². The van der Waals surface area contributed by atoms with Gasteiger partial charge in [0.1, 0.15) is 0 Å². The maximum Gasteiger partial charge on any atom is 0.351 e. The van der Waals surface area contributed by atoms with E-state index in [0.717, 1.165) is 18.9 Å². The van der Waals surface area contributed by atoms with Crippen molar-refractivity contribution in [3.05, 3.63) is 10.0 Å². The number of carbonyl (C=O) groups excluding carboxylic acids is 1. The molecule has 6 heteroatoms. The Morgan fingerprint density at radius 2 is 2.22 bits per heavy atom. The van der Waals surface area contributed by atoms with Crippen LogP contribution in [0.2, 0.25) is 5.15 Å². The molecular weight excluding hydrogens is 272 g/mol. The zero-order valence-corrected chi connectivity index (χ0v) is 12.5. The van der Waals surface area contributed by atoms with Crippen LogP contribution in [-0.4, -0.2) is 24.6 Å². The Kier molecular flexibility index (Phi) is 6.43. The van der Waals surface area contributed by atoms with E-state index in [1.165, 1.54) is 31.3 Å². The van der Waals surface area contributed by atoms with Crippen molar-refractivity contribution >= 4 is 34.0 Å². The second kappa shape index (κ2) is 7.59. The van der Waals surface area contributed by atoms with Gasteiger partial charge in [-0.05, 0) is 12.3 Å². The Morgan fingerprint density at radius 1 is 1.50 bits per heavy atom. The predicted octanol–water partition coefficient (Wildman–Crippen LogP) is 3.82. The Balaban J connectivity index is 2.37. The van der Waals surface area contributed by atoms with Crippen molar-refractivity contribution < 1.29 is 9.53 Å². The van der Waals surface area contributed by atoms with E-state index in [0.29, 0.717) is 10.0 Å². The van der Waals surface area contributed by atoms with Crippen LogP contribution in [0.25, 0.3) is 0 Å². The minimum Gasteiger partial charge on any atom is -0.465 e. The zero-order valence-electron chi connectivity index (χ0n) is 11.0. The Hall–Kier alpha value is -0.810. The third-order valence-electron chi connectivity index (χ3n) is 2.44. The number of esters is 1. The fourth-order valence-corrected chi connectivity index (χ4v) is 2.60. The number of nitrogens with zero attached hydrogens (tertiary/aromatic N) is 1. The molecule has 0 aromatic carbocycles. The first kappa shape index (κ1) is 15.2. The molecule has 0 amide bonds. The smallest absolute Gasteiger partial charge is 0.351 e. The normalized spacial score (nSPS) is 10.7. The molecule has 0 saturated heterocycles. The van der Waals surface area contributed by atoms with Crippen LogP contribution in [0.5, 0.6) is 0 Å². The molecule has 0 aliphatic heterocycles. The van der Waals surface area contributed by atoms with E-state index in [2.05, 4.69) is 28.9 Å². The molecule has 1 aromatic rings. The first-order chi connectivity index (χ1) is 8.54. The molecule has 0 fully saturated rings. The number of hydrogen-bond donors (Lipinski definition) is 1. The largest absolute Gasteiger partial charge is 0.465 e. The van der Waals surface area contributed by atoms with Crippen LogP contribution in [0.15, 0.2) is 0 Å². The lowest BCUT2D eigenvalue weighted by Gasteiger charge is -2.04. The fourth-order valence-electron chi connectivity index (χ4n) is 1.47. The highest BCUT2D eigenvalue weighted by molar-refractivity contribution is 7.18. The molecule has 0 spiro atoms. The summed E-state index contributed by atoms with van der Waals surface area (Å²) in [6.45, 7) is 5.28. The van der Waals surface area contributed by atoms with Gasteiger partial charge in [0.15, 0.2) is 15.2 Å². The molecule has 1 rings (SSSR count). The fraction of sp³-hybridized carbons (Fsp3) is 0.667. The first-order valence-corrected chi connectivity index (χ1v) is 7.22. The topological polar surface area (TPSA) is 51.2 Å². The summed E-state index contributed by atoms with van der Waals surface area (Å²) >= 11 is 7.09. The third-order valence-corrected chi connectivity index (χ3v) is 3.82. The minimum atomic E-state index is -0.439. The van der Waals surface area contributed by atoms with Crippen molar-refractivity contribution in [2.24, 2.45) is 5.92 Å². The van der Waals surface area contributed by atoms with Crippen LogP contribution in [0, 0.1) is 5.92 Å². The standard InChI is InChI=1S/C12H19ClN2O2S/c1-8(2)6-4-5-7-14-12-15-10(13)9(18-12)11(16)17-3/h8H,4-7H2,1-3H3,(H,14,15). The van der Waals surface area contributed by atoms with Crippen molar-refractivity contribution in [3.63, 3.8) is 0 Å². The van der Waals surface area contributed by atoms with Crippen LogP contribution < -0.4 is 5.32 Å². The molecule has 1 heterocycles. The summed E-state index contributed by atoms with van der Waals surface area (Å²) in [4.78, 5) is 15.8. The average molecular weight is 291 g/mol. The molecule has 18 heavy (non-hydrogen) atoms. The Morgan fingerprint density at radius 3 is 2.83 bits per heavy atom. The van der Waals surface area contributed by atoms with E-state index >= 15 is 0 Å². The summed E-state index contributed by atoms with van der Waals surface area (Å²) in [6, 6.07) is 0. The summed E-state index contributed by atoms with van der Waals surface area (Å²) in [5.41, 5.74) is 0. The lowest BCUT2D eigenvalue weighted by atomic mass is 10.1. The lowest BCUT2D eigenvalue weighted by molar-refractivity contribution is 0.0606. The van der Waals surface area contributed by atoms with Gasteiger partial charge in [0, 0.05) is 6.54 Å². The lowest BCUT2D eigenvalue weighted by Crippen LogP contribution is -2.01.